The smallest absolute Gasteiger partial charge is 0.337 e. The minimum absolute atomic E-state index is 0. The molecule has 1 aliphatic heterocycles. The maximum Gasteiger partial charge on any atom is 0.337 e. The molecule has 0 saturated carbocycles. The first kappa shape index (κ1) is 21.8. The molecule has 2 N–H and O–H groups in total. The van der Waals surface area contributed by atoms with Crippen molar-refractivity contribution in [3.8, 4) is 0 Å². The van der Waals surface area contributed by atoms with Crippen LogP contribution in [0.4, 0.5) is 5.95 Å². The van der Waals surface area contributed by atoms with Gasteiger partial charge in [-0.3, -0.25) is 10.1 Å². The van der Waals surface area contributed by atoms with E-state index in [0.29, 0.717) is 30.3 Å². The fourth-order valence-corrected chi connectivity index (χ4v) is 3.14. The fourth-order valence-electron chi connectivity index (χ4n) is 3.14. The maximum atomic E-state index is 12.3. The average molecular weight is 408 g/mol. The zero-order valence-corrected chi connectivity index (χ0v) is 16.9. The van der Waals surface area contributed by atoms with Crippen molar-refractivity contribution in [3.05, 3.63) is 41.2 Å². The van der Waals surface area contributed by atoms with Crippen LogP contribution in [0, 0.1) is 0 Å². The SMILES string of the molecule is COC(=O)c1ccc(CCC(=O)Nc2nc(C3CCNCC3)nn2C)cc1.Cl. The molecule has 0 unspecified atom stereocenters. The molecular weight excluding hydrogens is 382 g/mol. The van der Waals surface area contributed by atoms with Gasteiger partial charge in [-0.2, -0.15) is 10.1 Å². The Kier molecular flexibility index (Phi) is 7.95. The van der Waals surface area contributed by atoms with Crippen LogP contribution in [0.5, 0.6) is 0 Å². The number of carbonyl (C=O) groups excluding carboxylic acids is 2. The molecule has 152 valence electrons. The van der Waals surface area contributed by atoms with Crippen LogP contribution in [-0.4, -0.2) is 46.8 Å². The van der Waals surface area contributed by atoms with E-state index in [2.05, 4.69) is 25.5 Å². The topological polar surface area (TPSA) is 98.1 Å². The van der Waals surface area contributed by atoms with Gasteiger partial charge in [0, 0.05) is 19.4 Å². The van der Waals surface area contributed by atoms with Crippen molar-refractivity contribution in [2.45, 2.75) is 31.6 Å². The van der Waals surface area contributed by atoms with Gasteiger partial charge in [0.1, 0.15) is 0 Å². The Hall–Kier alpha value is -2.45. The Bertz CT molecular complexity index is 800. The second-order valence-corrected chi connectivity index (χ2v) is 6.68. The van der Waals surface area contributed by atoms with Crippen LogP contribution in [0.25, 0.3) is 0 Å². The van der Waals surface area contributed by atoms with E-state index < -0.39 is 0 Å². The molecule has 1 aromatic heterocycles. The number of nitrogens with one attached hydrogen (secondary N) is 2. The molecule has 0 atom stereocenters. The van der Waals surface area contributed by atoms with Crippen molar-refractivity contribution in [1.29, 1.82) is 0 Å². The largest absolute Gasteiger partial charge is 0.465 e. The lowest BCUT2D eigenvalue weighted by Gasteiger charge is -2.19. The van der Waals surface area contributed by atoms with Crippen LogP contribution in [-0.2, 0) is 23.0 Å². The van der Waals surface area contributed by atoms with Gasteiger partial charge in [-0.15, -0.1) is 12.4 Å². The fraction of sp³-hybridized carbons (Fsp3) is 0.474. The van der Waals surface area contributed by atoms with Gasteiger partial charge in [-0.25, -0.2) is 9.48 Å². The van der Waals surface area contributed by atoms with Gasteiger partial charge in [-0.05, 0) is 50.0 Å². The number of hydrogen-bond donors (Lipinski definition) is 2. The lowest BCUT2D eigenvalue weighted by Crippen LogP contribution is -2.27. The summed E-state index contributed by atoms with van der Waals surface area (Å²) in [4.78, 5) is 28.2. The number of aryl methyl sites for hydroxylation is 2. The number of methoxy groups -OCH3 is 1. The molecule has 1 saturated heterocycles. The Morgan fingerprint density at radius 2 is 1.93 bits per heavy atom. The lowest BCUT2D eigenvalue weighted by molar-refractivity contribution is -0.116. The molecule has 3 rings (SSSR count). The second kappa shape index (κ2) is 10.2. The standard InChI is InChI=1S/C19H25N5O3.ClH/c1-24-19(22-17(23-24)14-9-11-20-12-10-14)21-16(25)8-5-13-3-6-15(7-4-13)18(26)27-2;/h3-4,6-7,14,20H,5,8-12H2,1-2H3,(H,21,22,23,25);1H. The molecule has 1 fully saturated rings. The maximum absolute atomic E-state index is 12.3. The van der Waals surface area contributed by atoms with E-state index in [1.807, 2.05) is 12.1 Å². The number of anilines is 1. The third kappa shape index (κ3) is 5.53. The van der Waals surface area contributed by atoms with E-state index in [4.69, 9.17) is 0 Å². The number of piperidine rings is 1. The minimum Gasteiger partial charge on any atom is -0.465 e. The van der Waals surface area contributed by atoms with Crippen molar-refractivity contribution in [3.63, 3.8) is 0 Å². The summed E-state index contributed by atoms with van der Waals surface area (Å²) in [6, 6.07) is 7.06. The number of carbonyl (C=O) groups is 2. The molecular formula is C19H26ClN5O3. The number of benzene rings is 1. The Balaban J connectivity index is 0.00000280. The van der Waals surface area contributed by atoms with Gasteiger partial charge in [0.2, 0.25) is 11.9 Å². The third-order valence-corrected chi connectivity index (χ3v) is 4.75. The number of ether oxygens (including phenoxy) is 1. The van der Waals surface area contributed by atoms with Crippen molar-refractivity contribution in [1.82, 2.24) is 20.1 Å². The van der Waals surface area contributed by atoms with Crippen molar-refractivity contribution >= 4 is 30.2 Å². The number of rotatable bonds is 6. The van der Waals surface area contributed by atoms with Crippen LogP contribution < -0.4 is 10.6 Å². The Labute approximate surface area is 170 Å². The highest BCUT2D eigenvalue weighted by atomic mass is 35.5. The molecule has 2 heterocycles. The molecule has 8 nitrogen and oxygen atoms in total. The molecule has 1 aromatic carbocycles. The quantitative estimate of drug-likeness (QED) is 0.711. The van der Waals surface area contributed by atoms with E-state index in [1.165, 1.54) is 7.11 Å². The molecule has 0 spiro atoms. The summed E-state index contributed by atoms with van der Waals surface area (Å²) < 4.78 is 6.30. The van der Waals surface area contributed by atoms with Gasteiger partial charge in [-0.1, -0.05) is 12.1 Å². The summed E-state index contributed by atoms with van der Waals surface area (Å²) in [6.07, 6.45) is 2.93. The highest BCUT2D eigenvalue weighted by molar-refractivity contribution is 5.90. The zero-order valence-electron chi connectivity index (χ0n) is 16.1. The second-order valence-electron chi connectivity index (χ2n) is 6.68. The van der Waals surface area contributed by atoms with E-state index in [1.54, 1.807) is 23.9 Å². The summed E-state index contributed by atoms with van der Waals surface area (Å²) in [5, 5.41) is 10.6. The van der Waals surface area contributed by atoms with Crippen LogP contribution in [0.3, 0.4) is 0 Å². The number of aromatic nitrogens is 3. The molecule has 0 radical (unpaired) electrons. The number of hydrogen-bond acceptors (Lipinski definition) is 6. The van der Waals surface area contributed by atoms with Gasteiger partial charge in [0.05, 0.1) is 12.7 Å². The first-order valence-corrected chi connectivity index (χ1v) is 9.15. The van der Waals surface area contributed by atoms with Crippen molar-refractivity contribution in [2.75, 3.05) is 25.5 Å². The molecule has 9 heteroatoms. The van der Waals surface area contributed by atoms with Gasteiger partial charge in [0.15, 0.2) is 5.82 Å². The lowest BCUT2D eigenvalue weighted by atomic mass is 9.98. The molecule has 2 aromatic rings. The number of amides is 1. The minimum atomic E-state index is -0.369. The van der Waals surface area contributed by atoms with Crippen LogP contribution in [0.15, 0.2) is 24.3 Å². The Morgan fingerprint density at radius 1 is 1.25 bits per heavy atom. The summed E-state index contributed by atoms with van der Waals surface area (Å²) in [5.41, 5.74) is 1.47. The predicted molar refractivity (Wildman–Crippen MR) is 108 cm³/mol. The van der Waals surface area contributed by atoms with Crippen LogP contribution in [0.1, 0.15) is 46.9 Å². The molecule has 0 bridgehead atoms. The summed E-state index contributed by atoms with van der Waals surface area (Å²) >= 11 is 0. The molecule has 0 aliphatic carbocycles. The molecule has 1 amide bonds. The summed E-state index contributed by atoms with van der Waals surface area (Å²) in [6.45, 7) is 1.94. The number of halogens is 1. The van der Waals surface area contributed by atoms with Gasteiger partial charge in [0.25, 0.3) is 0 Å². The number of nitrogens with zero attached hydrogens (tertiary/aromatic N) is 3. The van der Waals surface area contributed by atoms with Crippen molar-refractivity contribution in [2.24, 2.45) is 7.05 Å². The monoisotopic (exact) mass is 407 g/mol. The first-order chi connectivity index (χ1) is 13.1. The molecule has 28 heavy (non-hydrogen) atoms. The van der Waals surface area contributed by atoms with Gasteiger partial charge < -0.3 is 10.1 Å². The predicted octanol–water partition coefficient (Wildman–Crippen LogP) is 2.06. The molecule has 1 aliphatic rings. The van der Waals surface area contributed by atoms with E-state index in [9.17, 15) is 9.59 Å². The summed E-state index contributed by atoms with van der Waals surface area (Å²) in [5.74, 6) is 1.14. The van der Waals surface area contributed by atoms with E-state index in [-0.39, 0.29) is 24.3 Å². The number of esters is 1. The Morgan fingerprint density at radius 3 is 2.57 bits per heavy atom. The highest BCUT2D eigenvalue weighted by Crippen LogP contribution is 2.23. The zero-order chi connectivity index (χ0) is 19.2. The van der Waals surface area contributed by atoms with E-state index in [0.717, 1.165) is 37.3 Å². The first-order valence-electron chi connectivity index (χ1n) is 9.15. The average Bonchev–Trinajstić information content (AvgIpc) is 3.07. The van der Waals surface area contributed by atoms with Gasteiger partial charge >= 0.3 is 5.97 Å². The van der Waals surface area contributed by atoms with Crippen LogP contribution in [0.2, 0.25) is 0 Å². The highest BCUT2D eigenvalue weighted by Gasteiger charge is 2.21. The van der Waals surface area contributed by atoms with E-state index >= 15 is 0 Å². The normalized spacial score (nSPS) is 14.2. The third-order valence-electron chi connectivity index (χ3n) is 4.75. The van der Waals surface area contributed by atoms with Crippen molar-refractivity contribution < 1.29 is 14.3 Å². The van der Waals surface area contributed by atoms with Crippen LogP contribution >= 0.6 is 12.4 Å². The summed E-state index contributed by atoms with van der Waals surface area (Å²) in [7, 11) is 3.14.